The molecule has 0 N–H and O–H groups in total. The second-order valence-corrected chi connectivity index (χ2v) is 2.98. The molecule has 1 rings (SSSR count). The summed E-state index contributed by atoms with van der Waals surface area (Å²) in [5.41, 5.74) is -0.756. The Labute approximate surface area is 83.4 Å². The normalized spacial score (nSPS) is 10.3. The molecule has 1 aromatic carbocycles. The molecule has 0 radical (unpaired) electrons. The Bertz CT molecular complexity index is 395. The topological polar surface area (TPSA) is 43.1 Å². The van der Waals surface area contributed by atoms with Gasteiger partial charge in [-0.15, -0.1) is 0 Å². The maximum absolute atomic E-state index is 13.1. The first kappa shape index (κ1) is 10.8. The number of nitro benzene ring substituents is 1. The molecule has 0 saturated heterocycles. The summed E-state index contributed by atoms with van der Waals surface area (Å²) in [5.74, 6) is -2.29. The minimum atomic E-state index is -1.31. The van der Waals surface area contributed by atoms with Gasteiger partial charge < -0.3 is 0 Å². The fourth-order valence-corrected chi connectivity index (χ4v) is 1.25. The predicted molar refractivity (Wildman–Crippen MR) is 47.4 cm³/mol. The first-order chi connectivity index (χ1) is 6.49. The summed E-state index contributed by atoms with van der Waals surface area (Å²) in [4.78, 5) is 9.55. The van der Waals surface area contributed by atoms with Crippen LogP contribution in [0.4, 0.5) is 14.5 Å². The van der Waals surface area contributed by atoms with Crippen LogP contribution in [0.2, 0.25) is 5.02 Å². The van der Waals surface area contributed by atoms with E-state index in [0.29, 0.717) is 0 Å². The molecule has 0 heterocycles. The highest BCUT2D eigenvalue weighted by Crippen LogP contribution is 2.31. The van der Waals surface area contributed by atoms with Gasteiger partial charge in [0.05, 0.1) is 4.92 Å². The number of aryl methyl sites for hydroxylation is 1. The molecule has 1 aromatic rings. The Kier molecular flexibility index (Phi) is 3.00. The third-order valence-corrected chi connectivity index (χ3v) is 2.13. The number of hydrogen-bond acceptors (Lipinski definition) is 2. The van der Waals surface area contributed by atoms with Gasteiger partial charge in [-0.1, -0.05) is 18.5 Å². The lowest BCUT2D eigenvalue weighted by atomic mass is 10.1. The van der Waals surface area contributed by atoms with Crippen molar-refractivity contribution in [2.24, 2.45) is 0 Å². The molecule has 0 bridgehead atoms. The highest BCUT2D eigenvalue weighted by molar-refractivity contribution is 6.31. The first-order valence-corrected chi connectivity index (χ1v) is 4.17. The van der Waals surface area contributed by atoms with Crippen LogP contribution in [0.1, 0.15) is 12.5 Å². The summed E-state index contributed by atoms with van der Waals surface area (Å²) < 4.78 is 26.0. The van der Waals surface area contributed by atoms with Crippen LogP contribution in [0.5, 0.6) is 0 Å². The average Bonchev–Trinajstić information content (AvgIpc) is 2.12. The zero-order chi connectivity index (χ0) is 10.9. The van der Waals surface area contributed by atoms with Crippen molar-refractivity contribution in [2.75, 3.05) is 0 Å². The lowest BCUT2D eigenvalue weighted by molar-refractivity contribution is -0.388. The Hall–Kier alpha value is -1.23. The van der Waals surface area contributed by atoms with E-state index in [4.69, 9.17) is 11.6 Å². The largest absolute Gasteiger partial charge is 0.309 e. The molecule has 0 aliphatic carbocycles. The Balaban J connectivity index is 3.53. The summed E-state index contributed by atoms with van der Waals surface area (Å²) in [5, 5.41) is 9.61. The van der Waals surface area contributed by atoms with Gasteiger partial charge in [0, 0.05) is 5.56 Å². The third kappa shape index (κ3) is 1.68. The number of halogens is 3. The molecule has 0 unspecified atom stereocenters. The van der Waals surface area contributed by atoms with Gasteiger partial charge in [0.2, 0.25) is 5.82 Å². The maximum atomic E-state index is 13.1. The first-order valence-electron chi connectivity index (χ1n) is 3.79. The van der Waals surface area contributed by atoms with Gasteiger partial charge in [-0.3, -0.25) is 10.1 Å². The van der Waals surface area contributed by atoms with Crippen LogP contribution in [0, 0.1) is 21.7 Å². The van der Waals surface area contributed by atoms with E-state index in [1.807, 2.05) is 0 Å². The van der Waals surface area contributed by atoms with E-state index in [1.54, 1.807) is 6.92 Å². The van der Waals surface area contributed by atoms with Crippen LogP contribution in [-0.4, -0.2) is 4.92 Å². The Morgan fingerprint density at radius 2 is 2.14 bits per heavy atom. The number of nitro groups is 1. The molecule has 0 atom stereocenters. The van der Waals surface area contributed by atoms with Gasteiger partial charge in [-0.2, -0.15) is 4.39 Å². The van der Waals surface area contributed by atoms with E-state index in [-0.39, 0.29) is 12.0 Å². The summed E-state index contributed by atoms with van der Waals surface area (Å²) in [6, 6.07) is 0.879. The highest BCUT2D eigenvalue weighted by atomic mass is 35.5. The zero-order valence-electron chi connectivity index (χ0n) is 7.18. The predicted octanol–water partition coefficient (Wildman–Crippen LogP) is 3.09. The molecular weight excluding hydrogens is 216 g/mol. The molecule has 0 fully saturated rings. The quantitative estimate of drug-likeness (QED) is 0.438. The second kappa shape index (κ2) is 3.88. The highest BCUT2D eigenvalue weighted by Gasteiger charge is 2.24. The Morgan fingerprint density at radius 1 is 1.57 bits per heavy atom. The second-order valence-electron chi connectivity index (χ2n) is 2.60. The molecule has 3 nitrogen and oxygen atoms in total. The van der Waals surface area contributed by atoms with Gasteiger partial charge in [-0.25, -0.2) is 4.39 Å². The SMILES string of the molecule is CCc1cc(F)c(Cl)c(F)c1[N+](=O)[O-]. The van der Waals surface area contributed by atoms with Gasteiger partial charge >= 0.3 is 5.69 Å². The van der Waals surface area contributed by atoms with Crippen LogP contribution in [0.3, 0.4) is 0 Å². The standard InChI is InChI=1S/C8H6ClF2NO2/c1-2-4-3-5(10)6(9)7(11)8(4)12(13)14/h3H,2H2,1H3. The van der Waals surface area contributed by atoms with E-state index >= 15 is 0 Å². The van der Waals surface area contributed by atoms with Gasteiger partial charge in [0.15, 0.2) is 0 Å². The van der Waals surface area contributed by atoms with Gasteiger partial charge in [0.25, 0.3) is 0 Å². The van der Waals surface area contributed by atoms with E-state index in [9.17, 15) is 18.9 Å². The fourth-order valence-electron chi connectivity index (χ4n) is 1.10. The van der Waals surface area contributed by atoms with Crippen molar-refractivity contribution in [1.29, 1.82) is 0 Å². The van der Waals surface area contributed by atoms with Crippen molar-refractivity contribution in [2.45, 2.75) is 13.3 Å². The number of nitrogens with zero attached hydrogens (tertiary/aromatic N) is 1. The average molecular weight is 222 g/mol. The molecule has 76 valence electrons. The van der Waals surface area contributed by atoms with Gasteiger partial charge in [0.1, 0.15) is 10.8 Å². The van der Waals surface area contributed by atoms with Crippen molar-refractivity contribution >= 4 is 17.3 Å². The van der Waals surface area contributed by atoms with E-state index in [0.717, 1.165) is 6.07 Å². The number of hydrogen-bond donors (Lipinski definition) is 0. The van der Waals surface area contributed by atoms with Crippen LogP contribution in [0.15, 0.2) is 6.07 Å². The third-order valence-electron chi connectivity index (χ3n) is 1.78. The lowest BCUT2D eigenvalue weighted by Gasteiger charge is -2.03. The molecule has 0 aliphatic heterocycles. The Morgan fingerprint density at radius 3 is 2.57 bits per heavy atom. The number of benzene rings is 1. The fraction of sp³-hybridized carbons (Fsp3) is 0.250. The summed E-state index contributed by atoms with van der Waals surface area (Å²) >= 11 is 5.20. The smallest absolute Gasteiger partial charge is 0.258 e. The molecule has 0 spiro atoms. The van der Waals surface area contributed by atoms with Crippen LogP contribution < -0.4 is 0 Å². The van der Waals surface area contributed by atoms with E-state index in [2.05, 4.69) is 0 Å². The van der Waals surface area contributed by atoms with Crippen molar-refractivity contribution in [3.05, 3.63) is 38.4 Å². The van der Waals surface area contributed by atoms with E-state index < -0.39 is 27.3 Å². The van der Waals surface area contributed by atoms with E-state index in [1.165, 1.54) is 0 Å². The van der Waals surface area contributed by atoms with Crippen LogP contribution in [0.25, 0.3) is 0 Å². The molecule has 0 saturated carbocycles. The van der Waals surface area contributed by atoms with Crippen LogP contribution in [-0.2, 0) is 6.42 Å². The molecular formula is C8H6ClF2NO2. The minimum absolute atomic E-state index is 0.00519. The molecule has 0 aromatic heterocycles. The summed E-state index contributed by atoms with van der Waals surface area (Å²) in [7, 11) is 0. The molecule has 6 heteroatoms. The summed E-state index contributed by atoms with van der Waals surface area (Å²) in [6.45, 7) is 1.56. The van der Waals surface area contributed by atoms with Crippen molar-refractivity contribution in [3.63, 3.8) is 0 Å². The van der Waals surface area contributed by atoms with Crippen molar-refractivity contribution in [1.82, 2.24) is 0 Å². The number of rotatable bonds is 2. The minimum Gasteiger partial charge on any atom is -0.258 e. The van der Waals surface area contributed by atoms with Crippen molar-refractivity contribution in [3.8, 4) is 0 Å². The monoisotopic (exact) mass is 221 g/mol. The molecule has 14 heavy (non-hydrogen) atoms. The lowest BCUT2D eigenvalue weighted by Crippen LogP contribution is -2.00. The molecule has 0 aliphatic rings. The molecule has 0 amide bonds. The summed E-state index contributed by atoms with van der Waals surface area (Å²) in [6.07, 6.45) is 0.168. The zero-order valence-corrected chi connectivity index (χ0v) is 7.94. The van der Waals surface area contributed by atoms with Crippen LogP contribution >= 0.6 is 11.6 Å². The maximum Gasteiger partial charge on any atom is 0.309 e. The van der Waals surface area contributed by atoms with Crippen molar-refractivity contribution < 1.29 is 13.7 Å². The van der Waals surface area contributed by atoms with Gasteiger partial charge in [-0.05, 0) is 12.5 Å².